The third-order valence-electron chi connectivity index (χ3n) is 3.72. The zero-order chi connectivity index (χ0) is 17.3. The lowest BCUT2D eigenvalue weighted by molar-refractivity contribution is -0.137. The molecular formula is C14H17F3N2O3S. The van der Waals surface area contributed by atoms with Gasteiger partial charge in [-0.3, -0.25) is 9.69 Å². The quantitative estimate of drug-likeness (QED) is 0.899. The summed E-state index contributed by atoms with van der Waals surface area (Å²) < 4.78 is 60.2. The van der Waals surface area contributed by atoms with E-state index in [2.05, 4.69) is 5.32 Å². The number of carbonyl (C=O) groups is 1. The molecule has 1 aliphatic rings. The predicted octanol–water partition coefficient (Wildman–Crippen LogP) is 1.76. The van der Waals surface area contributed by atoms with Gasteiger partial charge in [-0.2, -0.15) is 13.2 Å². The number of carbonyl (C=O) groups excluding carboxylic acids is 1. The average Bonchev–Trinajstić information content (AvgIpc) is 2.78. The van der Waals surface area contributed by atoms with Crippen LogP contribution in [0.25, 0.3) is 0 Å². The van der Waals surface area contributed by atoms with Gasteiger partial charge in [0, 0.05) is 11.7 Å². The first-order valence-corrected chi connectivity index (χ1v) is 8.77. The van der Waals surface area contributed by atoms with Crippen molar-refractivity contribution in [2.75, 3.05) is 30.4 Å². The van der Waals surface area contributed by atoms with Gasteiger partial charge in [0.15, 0.2) is 9.84 Å². The molecule has 0 aromatic heterocycles. The van der Waals surface area contributed by atoms with E-state index in [4.69, 9.17) is 0 Å². The van der Waals surface area contributed by atoms with Gasteiger partial charge in [0.25, 0.3) is 0 Å². The highest BCUT2D eigenvalue weighted by atomic mass is 32.2. The topological polar surface area (TPSA) is 66.5 Å². The van der Waals surface area contributed by atoms with Crippen molar-refractivity contribution in [3.8, 4) is 0 Å². The van der Waals surface area contributed by atoms with Gasteiger partial charge >= 0.3 is 6.18 Å². The fourth-order valence-corrected chi connectivity index (χ4v) is 4.23. The predicted molar refractivity (Wildman–Crippen MR) is 79.8 cm³/mol. The number of likely N-dealkylation sites (N-methyl/N-ethyl adjacent to an activating group) is 1. The van der Waals surface area contributed by atoms with E-state index in [1.165, 1.54) is 12.1 Å². The van der Waals surface area contributed by atoms with Crippen molar-refractivity contribution in [2.45, 2.75) is 18.6 Å². The van der Waals surface area contributed by atoms with Crippen molar-refractivity contribution in [3.63, 3.8) is 0 Å². The monoisotopic (exact) mass is 350 g/mol. The molecule has 0 spiro atoms. The number of sulfone groups is 1. The van der Waals surface area contributed by atoms with Crippen LogP contribution in [0.5, 0.6) is 0 Å². The number of rotatable bonds is 4. The molecule has 0 saturated carbocycles. The Morgan fingerprint density at radius 2 is 1.91 bits per heavy atom. The smallest absolute Gasteiger partial charge is 0.325 e. The number of anilines is 1. The van der Waals surface area contributed by atoms with Gasteiger partial charge in [-0.05, 0) is 37.7 Å². The van der Waals surface area contributed by atoms with Crippen LogP contribution >= 0.6 is 0 Å². The maximum Gasteiger partial charge on any atom is 0.416 e. The molecule has 1 N–H and O–H groups in total. The lowest BCUT2D eigenvalue weighted by Gasteiger charge is -2.22. The first-order valence-electron chi connectivity index (χ1n) is 6.94. The molecular weight excluding hydrogens is 333 g/mol. The molecule has 5 nitrogen and oxygen atoms in total. The number of benzene rings is 1. The van der Waals surface area contributed by atoms with Crippen molar-refractivity contribution in [1.29, 1.82) is 0 Å². The van der Waals surface area contributed by atoms with Gasteiger partial charge in [0.05, 0.1) is 23.6 Å². The molecule has 0 aliphatic carbocycles. The van der Waals surface area contributed by atoms with Crippen molar-refractivity contribution < 1.29 is 26.4 Å². The maximum absolute atomic E-state index is 12.4. The van der Waals surface area contributed by atoms with Crippen LogP contribution in [0.3, 0.4) is 0 Å². The fourth-order valence-electron chi connectivity index (χ4n) is 2.42. The van der Waals surface area contributed by atoms with E-state index >= 15 is 0 Å². The molecule has 23 heavy (non-hydrogen) atoms. The minimum Gasteiger partial charge on any atom is -0.325 e. The van der Waals surface area contributed by atoms with Gasteiger partial charge in [-0.25, -0.2) is 8.42 Å². The summed E-state index contributed by atoms with van der Waals surface area (Å²) in [5.74, 6) is -0.267. The van der Waals surface area contributed by atoms with Gasteiger partial charge in [-0.1, -0.05) is 0 Å². The van der Waals surface area contributed by atoms with E-state index in [9.17, 15) is 26.4 Å². The Bertz CT molecular complexity index is 672. The van der Waals surface area contributed by atoms with Crippen LogP contribution in [0.4, 0.5) is 18.9 Å². The van der Waals surface area contributed by atoms with E-state index in [1.807, 2.05) is 0 Å². The first-order chi connectivity index (χ1) is 10.6. The summed E-state index contributed by atoms with van der Waals surface area (Å²) in [6.45, 7) is -0.0266. The Labute approximate surface area is 132 Å². The van der Waals surface area contributed by atoms with Crippen molar-refractivity contribution in [2.24, 2.45) is 0 Å². The highest BCUT2D eigenvalue weighted by Gasteiger charge is 2.31. The zero-order valence-corrected chi connectivity index (χ0v) is 13.2. The molecule has 1 heterocycles. The van der Waals surface area contributed by atoms with E-state index in [0.29, 0.717) is 6.42 Å². The number of alkyl halides is 3. The van der Waals surface area contributed by atoms with E-state index in [0.717, 1.165) is 12.1 Å². The Kier molecular flexibility index (Phi) is 5.00. The van der Waals surface area contributed by atoms with Crippen molar-refractivity contribution in [1.82, 2.24) is 4.90 Å². The second-order valence-corrected chi connectivity index (χ2v) is 7.82. The highest BCUT2D eigenvalue weighted by molar-refractivity contribution is 7.91. The Morgan fingerprint density at radius 3 is 2.39 bits per heavy atom. The molecule has 2 rings (SSSR count). The van der Waals surface area contributed by atoms with Gasteiger partial charge in [-0.15, -0.1) is 0 Å². The number of hydrogen-bond acceptors (Lipinski definition) is 4. The zero-order valence-electron chi connectivity index (χ0n) is 12.4. The van der Waals surface area contributed by atoms with Gasteiger partial charge < -0.3 is 5.32 Å². The van der Waals surface area contributed by atoms with Crippen molar-refractivity contribution in [3.05, 3.63) is 29.8 Å². The molecule has 1 unspecified atom stereocenters. The number of hydrogen-bond donors (Lipinski definition) is 1. The maximum atomic E-state index is 12.4. The van der Waals surface area contributed by atoms with Crippen LogP contribution < -0.4 is 5.32 Å². The largest absolute Gasteiger partial charge is 0.416 e. The third kappa shape index (κ3) is 4.93. The molecule has 1 fully saturated rings. The third-order valence-corrected chi connectivity index (χ3v) is 5.47. The number of amides is 1. The molecule has 1 aliphatic heterocycles. The average molecular weight is 350 g/mol. The Hall–Kier alpha value is -1.61. The lowest BCUT2D eigenvalue weighted by Crippen LogP contribution is -2.38. The van der Waals surface area contributed by atoms with Crippen LogP contribution in [-0.4, -0.2) is 50.4 Å². The van der Waals surface area contributed by atoms with Crippen LogP contribution in [0.15, 0.2) is 24.3 Å². The standard InChI is InChI=1S/C14H17F3N2O3S/c1-19(12-6-7-23(21,22)9-12)8-13(20)18-11-4-2-10(3-5-11)14(15,16)17/h2-5,12H,6-9H2,1H3,(H,18,20). The first kappa shape index (κ1) is 17.7. The van der Waals surface area contributed by atoms with E-state index in [-0.39, 0.29) is 29.8 Å². The van der Waals surface area contributed by atoms with Crippen LogP contribution in [-0.2, 0) is 20.8 Å². The molecule has 9 heteroatoms. The van der Waals surface area contributed by atoms with Gasteiger partial charge in [0.2, 0.25) is 5.91 Å². The number of halogens is 3. The summed E-state index contributed by atoms with van der Waals surface area (Å²) in [6.07, 6.45) is -3.94. The van der Waals surface area contributed by atoms with E-state index < -0.39 is 27.5 Å². The van der Waals surface area contributed by atoms with Crippen LogP contribution in [0.2, 0.25) is 0 Å². The van der Waals surface area contributed by atoms with Crippen molar-refractivity contribution >= 4 is 21.4 Å². The summed E-state index contributed by atoms with van der Waals surface area (Å²) in [7, 11) is -1.38. The van der Waals surface area contributed by atoms with E-state index in [1.54, 1.807) is 11.9 Å². The fraction of sp³-hybridized carbons (Fsp3) is 0.500. The summed E-state index contributed by atoms with van der Waals surface area (Å²) in [5, 5.41) is 2.50. The SMILES string of the molecule is CN(CC(=O)Nc1ccc(C(F)(F)F)cc1)C1CCS(=O)(=O)C1. The lowest BCUT2D eigenvalue weighted by atomic mass is 10.2. The molecule has 1 amide bonds. The van der Waals surface area contributed by atoms with Crippen LogP contribution in [0.1, 0.15) is 12.0 Å². The highest BCUT2D eigenvalue weighted by Crippen LogP contribution is 2.29. The molecule has 1 saturated heterocycles. The molecule has 0 bridgehead atoms. The molecule has 1 aromatic carbocycles. The molecule has 0 radical (unpaired) electrons. The summed E-state index contributed by atoms with van der Waals surface area (Å²) >= 11 is 0. The summed E-state index contributed by atoms with van der Waals surface area (Å²) in [6, 6.07) is 3.94. The summed E-state index contributed by atoms with van der Waals surface area (Å²) in [5.41, 5.74) is -0.528. The summed E-state index contributed by atoms with van der Waals surface area (Å²) in [4.78, 5) is 13.5. The normalized spacial score (nSPS) is 20.7. The number of nitrogens with zero attached hydrogens (tertiary/aromatic N) is 1. The second-order valence-electron chi connectivity index (χ2n) is 5.60. The minimum atomic E-state index is -4.42. The molecule has 1 atom stereocenters. The minimum absolute atomic E-state index is 0.0249. The Morgan fingerprint density at radius 1 is 1.30 bits per heavy atom. The molecule has 128 valence electrons. The molecule has 1 aromatic rings. The second kappa shape index (κ2) is 6.48. The Balaban J connectivity index is 1.90. The van der Waals surface area contributed by atoms with Gasteiger partial charge in [0.1, 0.15) is 0 Å². The number of nitrogens with one attached hydrogen (secondary N) is 1. The van der Waals surface area contributed by atoms with Crippen LogP contribution in [0, 0.1) is 0 Å².